The molecule has 21 heavy (non-hydrogen) atoms. The molecule has 1 rings (SSSR count). The number of carboxylic acids is 1. The molecule has 0 heterocycles. The molecule has 1 N–H and O–H groups in total. The van der Waals surface area contributed by atoms with Gasteiger partial charge in [-0.05, 0) is 6.07 Å². The van der Waals surface area contributed by atoms with Gasteiger partial charge in [-0.3, -0.25) is 0 Å². The molecule has 118 valence electrons. The zero-order valence-corrected chi connectivity index (χ0v) is 12.8. The molecule has 7 heteroatoms. The summed E-state index contributed by atoms with van der Waals surface area (Å²) in [5, 5.41) is 9.45. The number of carboxylic acid groups (broad SMARTS) is 1. The van der Waals surface area contributed by atoms with Gasteiger partial charge in [0.05, 0.1) is 26.9 Å². The zero-order chi connectivity index (χ0) is 15.7. The fourth-order valence-corrected chi connectivity index (χ4v) is 1.82. The van der Waals surface area contributed by atoms with E-state index in [1.807, 2.05) is 0 Å². The lowest BCUT2D eigenvalue weighted by molar-refractivity contribution is 0.0635. The molecule has 0 bridgehead atoms. The van der Waals surface area contributed by atoms with Crippen LogP contribution in [-0.2, 0) is 9.47 Å². The largest absolute Gasteiger partial charge is 0.493 e. The van der Waals surface area contributed by atoms with Gasteiger partial charge in [0.15, 0.2) is 11.5 Å². The van der Waals surface area contributed by atoms with E-state index in [1.165, 1.54) is 19.2 Å². The second-order valence-electron chi connectivity index (χ2n) is 4.10. The van der Waals surface area contributed by atoms with E-state index in [-0.39, 0.29) is 16.3 Å². The van der Waals surface area contributed by atoms with Crippen molar-refractivity contribution in [2.45, 2.75) is 6.42 Å². The predicted octanol–water partition coefficient (Wildman–Crippen LogP) is 2.48. The molecule has 0 aliphatic rings. The Labute approximate surface area is 128 Å². The lowest BCUT2D eigenvalue weighted by Gasteiger charge is -2.13. The van der Waals surface area contributed by atoms with Crippen LogP contribution < -0.4 is 9.47 Å². The maximum absolute atomic E-state index is 11.2. The molecule has 0 atom stereocenters. The van der Waals surface area contributed by atoms with Gasteiger partial charge in [-0.15, -0.1) is 0 Å². The van der Waals surface area contributed by atoms with Gasteiger partial charge in [-0.25, -0.2) is 4.79 Å². The van der Waals surface area contributed by atoms with Crippen molar-refractivity contribution in [2.75, 3.05) is 40.6 Å². The molecule has 0 spiro atoms. The molecule has 0 amide bonds. The summed E-state index contributed by atoms with van der Waals surface area (Å²) < 4.78 is 20.8. The Kier molecular flexibility index (Phi) is 7.89. The molecular formula is C14H19ClO6. The first-order valence-corrected chi connectivity index (χ1v) is 6.78. The SMILES string of the molecule is COCCOCCCOc1c(OC)cc(Cl)cc1C(=O)O. The third-order valence-corrected chi connectivity index (χ3v) is 2.80. The summed E-state index contributed by atoms with van der Waals surface area (Å²) in [6.07, 6.45) is 0.620. The average Bonchev–Trinajstić information content (AvgIpc) is 2.46. The molecule has 0 aromatic heterocycles. The van der Waals surface area contributed by atoms with Gasteiger partial charge >= 0.3 is 5.97 Å². The van der Waals surface area contributed by atoms with Crippen molar-refractivity contribution in [3.05, 3.63) is 22.7 Å². The maximum Gasteiger partial charge on any atom is 0.339 e. The van der Waals surface area contributed by atoms with Crippen molar-refractivity contribution in [3.63, 3.8) is 0 Å². The van der Waals surface area contributed by atoms with Gasteiger partial charge < -0.3 is 24.1 Å². The molecule has 0 radical (unpaired) electrons. The van der Waals surface area contributed by atoms with Gasteiger partial charge in [0, 0.05) is 31.2 Å². The smallest absolute Gasteiger partial charge is 0.339 e. The molecule has 1 aromatic carbocycles. The van der Waals surface area contributed by atoms with Crippen molar-refractivity contribution in [2.24, 2.45) is 0 Å². The van der Waals surface area contributed by atoms with E-state index in [9.17, 15) is 9.90 Å². The Morgan fingerprint density at radius 2 is 1.95 bits per heavy atom. The van der Waals surface area contributed by atoms with Crippen molar-refractivity contribution in [1.29, 1.82) is 0 Å². The van der Waals surface area contributed by atoms with E-state index in [0.29, 0.717) is 38.6 Å². The number of carbonyl (C=O) groups is 1. The lowest BCUT2D eigenvalue weighted by Crippen LogP contribution is -2.09. The molecule has 1 aromatic rings. The Hall–Kier alpha value is -1.50. The van der Waals surface area contributed by atoms with E-state index >= 15 is 0 Å². The number of hydrogen-bond donors (Lipinski definition) is 1. The highest BCUT2D eigenvalue weighted by Crippen LogP contribution is 2.34. The molecular weight excluding hydrogens is 300 g/mol. The van der Waals surface area contributed by atoms with Crippen LogP contribution in [0.2, 0.25) is 5.02 Å². The monoisotopic (exact) mass is 318 g/mol. The number of methoxy groups -OCH3 is 2. The molecule has 0 saturated carbocycles. The number of ether oxygens (including phenoxy) is 4. The molecule has 0 saturated heterocycles. The highest BCUT2D eigenvalue weighted by Gasteiger charge is 2.18. The van der Waals surface area contributed by atoms with Crippen molar-refractivity contribution in [3.8, 4) is 11.5 Å². The van der Waals surface area contributed by atoms with E-state index in [1.54, 1.807) is 7.11 Å². The molecule has 6 nitrogen and oxygen atoms in total. The van der Waals surface area contributed by atoms with E-state index < -0.39 is 5.97 Å². The Bertz CT molecular complexity index is 463. The van der Waals surface area contributed by atoms with Crippen molar-refractivity contribution < 1.29 is 28.8 Å². The van der Waals surface area contributed by atoms with Gasteiger partial charge in [0.25, 0.3) is 0 Å². The van der Waals surface area contributed by atoms with Crippen LogP contribution >= 0.6 is 11.6 Å². The second kappa shape index (κ2) is 9.44. The maximum atomic E-state index is 11.2. The Morgan fingerprint density at radius 3 is 2.57 bits per heavy atom. The van der Waals surface area contributed by atoms with Crippen LogP contribution in [0.3, 0.4) is 0 Å². The molecule has 0 aliphatic carbocycles. The van der Waals surface area contributed by atoms with Crippen LogP contribution in [0.25, 0.3) is 0 Å². The topological polar surface area (TPSA) is 74.2 Å². The third-order valence-electron chi connectivity index (χ3n) is 2.58. The van der Waals surface area contributed by atoms with Crippen molar-refractivity contribution in [1.82, 2.24) is 0 Å². The molecule has 0 aliphatic heterocycles. The summed E-state index contributed by atoms with van der Waals surface area (Å²) in [5.74, 6) is -0.659. The zero-order valence-electron chi connectivity index (χ0n) is 12.1. The van der Waals surface area contributed by atoms with Crippen LogP contribution in [0, 0.1) is 0 Å². The number of rotatable bonds is 10. The summed E-state index contributed by atoms with van der Waals surface area (Å²) in [6.45, 7) is 1.86. The van der Waals surface area contributed by atoms with E-state index in [2.05, 4.69) is 0 Å². The summed E-state index contributed by atoms with van der Waals surface area (Å²) >= 11 is 5.85. The number of benzene rings is 1. The first-order chi connectivity index (χ1) is 10.1. The van der Waals surface area contributed by atoms with Gasteiger partial charge in [-0.1, -0.05) is 11.6 Å². The first kappa shape index (κ1) is 17.6. The van der Waals surface area contributed by atoms with E-state index in [4.69, 9.17) is 30.5 Å². The quantitative estimate of drug-likeness (QED) is 0.668. The first-order valence-electron chi connectivity index (χ1n) is 6.40. The molecule has 0 unspecified atom stereocenters. The highest BCUT2D eigenvalue weighted by molar-refractivity contribution is 6.31. The minimum atomic E-state index is -1.12. The van der Waals surface area contributed by atoms with Crippen LogP contribution in [0.5, 0.6) is 11.5 Å². The van der Waals surface area contributed by atoms with Gasteiger partial charge in [-0.2, -0.15) is 0 Å². The van der Waals surface area contributed by atoms with Crippen LogP contribution in [0.4, 0.5) is 0 Å². The van der Waals surface area contributed by atoms with Crippen LogP contribution in [-0.4, -0.2) is 51.7 Å². The summed E-state index contributed by atoms with van der Waals surface area (Å²) in [6, 6.07) is 2.84. The standard InChI is InChI=1S/C14H19ClO6/c1-18-6-7-20-4-3-5-21-13-11(14(16)17)8-10(15)9-12(13)19-2/h8-9H,3-7H2,1-2H3,(H,16,17). The van der Waals surface area contributed by atoms with Gasteiger partial charge in [0.1, 0.15) is 5.56 Å². The Balaban J connectivity index is 2.59. The van der Waals surface area contributed by atoms with Crippen LogP contribution in [0.15, 0.2) is 12.1 Å². The Morgan fingerprint density at radius 1 is 1.19 bits per heavy atom. The van der Waals surface area contributed by atoms with Crippen molar-refractivity contribution >= 4 is 17.6 Å². The fraction of sp³-hybridized carbons (Fsp3) is 0.500. The minimum absolute atomic E-state index is 0.0281. The third kappa shape index (κ3) is 5.79. The second-order valence-corrected chi connectivity index (χ2v) is 4.53. The molecule has 0 fully saturated rings. The summed E-state index contributed by atoms with van der Waals surface area (Å²) in [7, 11) is 3.03. The number of aromatic carboxylic acids is 1. The predicted molar refractivity (Wildman–Crippen MR) is 77.8 cm³/mol. The lowest BCUT2D eigenvalue weighted by atomic mass is 10.2. The summed E-state index contributed by atoms with van der Waals surface area (Å²) in [5.41, 5.74) is -0.0281. The van der Waals surface area contributed by atoms with E-state index in [0.717, 1.165) is 0 Å². The minimum Gasteiger partial charge on any atom is -0.493 e. The average molecular weight is 319 g/mol. The number of halogens is 1. The van der Waals surface area contributed by atoms with Crippen LogP contribution in [0.1, 0.15) is 16.8 Å². The number of hydrogen-bond acceptors (Lipinski definition) is 5. The normalized spacial score (nSPS) is 10.4. The van der Waals surface area contributed by atoms with Gasteiger partial charge in [0.2, 0.25) is 0 Å². The highest BCUT2D eigenvalue weighted by atomic mass is 35.5. The summed E-state index contributed by atoms with van der Waals surface area (Å²) in [4.78, 5) is 11.2. The fourth-order valence-electron chi connectivity index (χ4n) is 1.61.